The molecule has 0 aromatic carbocycles. The molecule has 3 N–H and O–H groups in total. The van der Waals surface area contributed by atoms with Crippen molar-refractivity contribution in [2.24, 2.45) is 5.92 Å². The van der Waals surface area contributed by atoms with Gasteiger partial charge in [0.2, 0.25) is 0 Å². The number of ether oxygens (including phenoxy) is 4. The average molecular weight is 1350 g/mol. The fourth-order valence-corrected chi connectivity index (χ4v) is 12.8. The number of hydrogen-bond donors (Lipinski definition) is 3. The zero-order chi connectivity index (χ0) is 67.7. The molecular formula is C73H142O17P2. The van der Waals surface area contributed by atoms with Gasteiger partial charge in [0.1, 0.15) is 19.3 Å². The van der Waals surface area contributed by atoms with Crippen LogP contribution < -0.4 is 0 Å². The number of unbranched alkanes of at least 4 members (excludes halogenated alkanes) is 45. The summed E-state index contributed by atoms with van der Waals surface area (Å²) in [6.07, 6.45) is 54.5. The van der Waals surface area contributed by atoms with Gasteiger partial charge in [-0.2, -0.15) is 0 Å². The van der Waals surface area contributed by atoms with Crippen molar-refractivity contribution in [3.8, 4) is 0 Å². The van der Waals surface area contributed by atoms with Crippen molar-refractivity contribution in [2.75, 3.05) is 39.6 Å². The molecule has 0 aliphatic carbocycles. The Bertz CT molecular complexity index is 1770. The normalized spacial score (nSPS) is 14.0. The average Bonchev–Trinajstić information content (AvgIpc) is 1.58. The van der Waals surface area contributed by atoms with Crippen molar-refractivity contribution in [1.29, 1.82) is 0 Å². The van der Waals surface area contributed by atoms with E-state index < -0.39 is 97.5 Å². The Morgan fingerprint density at radius 2 is 0.500 bits per heavy atom. The van der Waals surface area contributed by atoms with E-state index >= 15 is 0 Å². The van der Waals surface area contributed by atoms with Gasteiger partial charge in [-0.15, -0.1) is 0 Å². The Hall–Kier alpha value is -1.94. The minimum Gasteiger partial charge on any atom is -0.462 e. The minimum absolute atomic E-state index is 0.104. The first-order valence-corrected chi connectivity index (χ1v) is 41.1. The lowest BCUT2D eigenvalue weighted by atomic mass is 10.0. The zero-order valence-electron chi connectivity index (χ0n) is 59.7. The molecule has 0 rings (SSSR count). The van der Waals surface area contributed by atoms with E-state index in [-0.39, 0.29) is 25.7 Å². The maximum Gasteiger partial charge on any atom is 0.472 e. The van der Waals surface area contributed by atoms with Crippen molar-refractivity contribution in [3.63, 3.8) is 0 Å². The third-order valence-electron chi connectivity index (χ3n) is 17.0. The lowest BCUT2D eigenvalue weighted by Crippen LogP contribution is -2.30. The van der Waals surface area contributed by atoms with E-state index in [0.717, 1.165) is 109 Å². The first-order chi connectivity index (χ1) is 44.5. The first kappa shape index (κ1) is 90.1. The number of esters is 4. The molecule has 546 valence electrons. The molecule has 0 aromatic heterocycles. The highest BCUT2D eigenvalue weighted by Crippen LogP contribution is 2.45. The molecule has 5 atom stereocenters. The summed E-state index contributed by atoms with van der Waals surface area (Å²) < 4.78 is 68.2. The third-order valence-corrected chi connectivity index (χ3v) is 18.9. The van der Waals surface area contributed by atoms with Gasteiger partial charge < -0.3 is 33.8 Å². The van der Waals surface area contributed by atoms with E-state index in [1.54, 1.807) is 0 Å². The molecule has 19 heteroatoms. The SMILES string of the molecule is CCCCCCCCCCCCCCCCCCCCCCCCC(=O)O[C@H](COC(=O)CCCCCCCCCCCCCC)COP(=O)(O)OC[C@@H](O)COP(=O)(O)OC[C@@H](COC(=O)CCCCCCCCC)OC(=O)CCCCCCCCCCC(C)C. The van der Waals surface area contributed by atoms with Crippen LogP contribution in [-0.2, 0) is 65.4 Å². The highest BCUT2D eigenvalue weighted by atomic mass is 31.2. The van der Waals surface area contributed by atoms with Gasteiger partial charge in [0.15, 0.2) is 12.2 Å². The molecule has 0 radical (unpaired) electrons. The molecule has 92 heavy (non-hydrogen) atoms. The fourth-order valence-electron chi connectivity index (χ4n) is 11.2. The molecule has 0 amide bonds. The largest absolute Gasteiger partial charge is 0.472 e. The van der Waals surface area contributed by atoms with Crippen LogP contribution in [0.1, 0.15) is 381 Å². The molecule has 0 saturated carbocycles. The summed E-state index contributed by atoms with van der Waals surface area (Å²) in [5.41, 5.74) is 0. The van der Waals surface area contributed by atoms with Crippen LogP contribution in [0.15, 0.2) is 0 Å². The maximum atomic E-state index is 13.0. The van der Waals surface area contributed by atoms with Crippen LogP contribution in [0.3, 0.4) is 0 Å². The number of rotatable bonds is 73. The third kappa shape index (κ3) is 66.7. The van der Waals surface area contributed by atoms with Crippen molar-refractivity contribution >= 4 is 39.5 Å². The number of hydrogen-bond acceptors (Lipinski definition) is 15. The molecule has 0 aliphatic rings. The van der Waals surface area contributed by atoms with E-state index in [2.05, 4.69) is 34.6 Å². The summed E-state index contributed by atoms with van der Waals surface area (Å²) in [5.74, 6) is -1.41. The molecular weight excluding hydrogens is 1210 g/mol. The van der Waals surface area contributed by atoms with E-state index in [4.69, 9.17) is 37.0 Å². The van der Waals surface area contributed by atoms with Crippen LogP contribution in [0.25, 0.3) is 0 Å². The van der Waals surface area contributed by atoms with Crippen molar-refractivity contribution in [3.05, 3.63) is 0 Å². The molecule has 0 saturated heterocycles. The summed E-state index contributed by atoms with van der Waals surface area (Å²) in [6, 6.07) is 0. The van der Waals surface area contributed by atoms with Crippen LogP contribution in [0.4, 0.5) is 0 Å². The summed E-state index contributed by atoms with van der Waals surface area (Å²) in [5, 5.41) is 10.6. The summed E-state index contributed by atoms with van der Waals surface area (Å²) >= 11 is 0. The van der Waals surface area contributed by atoms with Gasteiger partial charge in [0.05, 0.1) is 26.4 Å². The van der Waals surface area contributed by atoms with E-state index in [1.165, 1.54) is 193 Å². The monoisotopic (exact) mass is 1350 g/mol. The Morgan fingerprint density at radius 3 is 0.739 bits per heavy atom. The van der Waals surface area contributed by atoms with Crippen LogP contribution in [0.5, 0.6) is 0 Å². The second-order valence-corrected chi connectivity index (χ2v) is 29.7. The second-order valence-electron chi connectivity index (χ2n) is 26.8. The van der Waals surface area contributed by atoms with E-state index in [0.29, 0.717) is 25.7 Å². The number of phosphoric ester groups is 2. The molecule has 17 nitrogen and oxygen atoms in total. The highest BCUT2D eigenvalue weighted by Gasteiger charge is 2.30. The number of carbonyl (C=O) groups excluding carboxylic acids is 4. The van der Waals surface area contributed by atoms with Crippen LogP contribution in [0.2, 0.25) is 0 Å². The Balaban J connectivity index is 5.12. The van der Waals surface area contributed by atoms with Gasteiger partial charge in [-0.25, -0.2) is 9.13 Å². The minimum atomic E-state index is -4.95. The number of aliphatic hydroxyl groups excluding tert-OH is 1. The van der Waals surface area contributed by atoms with Gasteiger partial charge in [-0.1, -0.05) is 330 Å². The predicted octanol–water partition coefficient (Wildman–Crippen LogP) is 21.3. The quantitative estimate of drug-likeness (QED) is 0.0222. The summed E-state index contributed by atoms with van der Waals surface area (Å²) in [6.45, 7) is 7.18. The van der Waals surface area contributed by atoms with Gasteiger partial charge in [0, 0.05) is 25.7 Å². The molecule has 0 aromatic rings. The fraction of sp³-hybridized carbons (Fsp3) is 0.945. The number of carbonyl (C=O) groups is 4. The van der Waals surface area contributed by atoms with Gasteiger partial charge in [-0.3, -0.25) is 37.3 Å². The van der Waals surface area contributed by atoms with Crippen LogP contribution in [-0.4, -0.2) is 96.7 Å². The lowest BCUT2D eigenvalue weighted by molar-refractivity contribution is -0.161. The van der Waals surface area contributed by atoms with Crippen molar-refractivity contribution < 1.29 is 80.2 Å². The first-order valence-electron chi connectivity index (χ1n) is 38.1. The number of aliphatic hydroxyl groups is 1. The predicted molar refractivity (Wildman–Crippen MR) is 372 cm³/mol. The molecule has 0 fully saturated rings. The van der Waals surface area contributed by atoms with Gasteiger partial charge in [-0.05, 0) is 31.6 Å². The van der Waals surface area contributed by atoms with Crippen molar-refractivity contribution in [1.82, 2.24) is 0 Å². The topological polar surface area (TPSA) is 237 Å². The van der Waals surface area contributed by atoms with Crippen LogP contribution in [0, 0.1) is 5.92 Å². The summed E-state index contributed by atoms with van der Waals surface area (Å²) in [4.78, 5) is 72.5. The maximum absolute atomic E-state index is 13.0. The Labute approximate surface area is 562 Å². The standard InChI is InChI=1S/C73H142O17P2/c1-6-9-12-15-18-20-22-24-25-26-27-28-29-30-31-32-33-35-37-43-48-53-58-72(77)89-69(63-84-71(76)57-52-47-42-36-34-23-21-19-16-13-10-7-2)65-88-92(81,82)86-61-67(74)60-85-91(79,80)87-64-68(62-83-70(75)56-51-46-40-17-14-11-8-3)90-73(78)59-54-49-44-39-38-41-45-50-55-66(4)5/h66-69,74H,6-65H2,1-5H3,(H,79,80)(H,81,82)/t67-,68+,69+/m0/s1. The Kier molecular flexibility index (Phi) is 64.9. The Morgan fingerprint density at radius 1 is 0.293 bits per heavy atom. The molecule has 0 bridgehead atoms. The van der Waals surface area contributed by atoms with Crippen LogP contribution >= 0.6 is 15.6 Å². The van der Waals surface area contributed by atoms with Crippen molar-refractivity contribution in [2.45, 2.75) is 400 Å². The van der Waals surface area contributed by atoms with E-state index in [1.807, 2.05) is 0 Å². The summed E-state index contributed by atoms with van der Waals surface area (Å²) in [7, 11) is -9.90. The zero-order valence-corrected chi connectivity index (χ0v) is 61.5. The molecule has 0 aliphatic heterocycles. The van der Waals surface area contributed by atoms with Gasteiger partial charge >= 0.3 is 39.5 Å². The smallest absolute Gasteiger partial charge is 0.462 e. The molecule has 0 heterocycles. The molecule has 2 unspecified atom stereocenters. The lowest BCUT2D eigenvalue weighted by Gasteiger charge is -2.21. The molecule has 0 spiro atoms. The second kappa shape index (κ2) is 66.3. The van der Waals surface area contributed by atoms with E-state index in [9.17, 15) is 43.2 Å². The van der Waals surface area contributed by atoms with Gasteiger partial charge in [0.25, 0.3) is 0 Å². The number of phosphoric acid groups is 2. The highest BCUT2D eigenvalue weighted by molar-refractivity contribution is 7.47.